The second kappa shape index (κ2) is 12.3. The molecule has 0 aliphatic heterocycles. The molecule has 0 spiro atoms. The van der Waals surface area contributed by atoms with Gasteiger partial charge < -0.3 is 10.1 Å². The van der Waals surface area contributed by atoms with Gasteiger partial charge in [-0.3, -0.25) is 9.10 Å². The van der Waals surface area contributed by atoms with Gasteiger partial charge in [-0.05, 0) is 42.0 Å². The summed E-state index contributed by atoms with van der Waals surface area (Å²) in [5.74, 6) is 1.98. The van der Waals surface area contributed by atoms with Crippen LogP contribution in [0.3, 0.4) is 0 Å². The topological polar surface area (TPSA) is 75.7 Å². The lowest BCUT2D eigenvalue weighted by molar-refractivity contribution is -0.119. The Morgan fingerprint density at radius 1 is 0.970 bits per heavy atom. The first-order valence-electron chi connectivity index (χ1n) is 10.6. The van der Waals surface area contributed by atoms with Crippen LogP contribution in [0.5, 0.6) is 5.75 Å². The Morgan fingerprint density at radius 3 is 2.36 bits per heavy atom. The summed E-state index contributed by atoms with van der Waals surface area (Å²) in [6.45, 7) is 0.166. The number of rotatable bonds is 12. The molecule has 0 aliphatic rings. The molecule has 0 saturated heterocycles. The van der Waals surface area contributed by atoms with Gasteiger partial charge in [0.1, 0.15) is 12.3 Å². The Kier molecular flexibility index (Phi) is 9.21. The Hall–Kier alpha value is -2.97. The Labute approximate surface area is 200 Å². The fourth-order valence-corrected chi connectivity index (χ4v) is 5.51. The predicted molar refractivity (Wildman–Crippen MR) is 134 cm³/mol. The van der Waals surface area contributed by atoms with Crippen molar-refractivity contribution in [1.82, 2.24) is 5.32 Å². The zero-order chi connectivity index (χ0) is 23.5. The fraction of sp³-hybridized carbons (Fsp3) is 0.240. The quantitative estimate of drug-likeness (QED) is 0.387. The van der Waals surface area contributed by atoms with Gasteiger partial charge in [0, 0.05) is 18.4 Å². The highest BCUT2D eigenvalue weighted by molar-refractivity contribution is 7.98. The van der Waals surface area contributed by atoms with Crippen LogP contribution in [-0.4, -0.2) is 40.3 Å². The van der Waals surface area contributed by atoms with Crippen LogP contribution in [0.25, 0.3) is 0 Å². The summed E-state index contributed by atoms with van der Waals surface area (Å²) in [5.41, 5.74) is 1.64. The van der Waals surface area contributed by atoms with Crippen molar-refractivity contribution in [3.63, 3.8) is 0 Å². The van der Waals surface area contributed by atoms with Gasteiger partial charge in [-0.25, -0.2) is 8.42 Å². The molecular weight excluding hydrogens is 456 g/mol. The number of nitrogens with zero attached hydrogens (tertiary/aromatic N) is 1. The molecule has 3 aromatic rings. The van der Waals surface area contributed by atoms with Gasteiger partial charge in [-0.2, -0.15) is 11.8 Å². The molecule has 0 saturated carbocycles. The largest absolute Gasteiger partial charge is 0.497 e. The van der Waals surface area contributed by atoms with Crippen molar-refractivity contribution in [2.24, 2.45) is 0 Å². The number of thioether (sulfide) groups is 1. The van der Waals surface area contributed by atoms with Crippen LogP contribution < -0.4 is 14.4 Å². The van der Waals surface area contributed by atoms with Crippen molar-refractivity contribution < 1.29 is 17.9 Å². The van der Waals surface area contributed by atoms with E-state index in [1.807, 2.05) is 18.2 Å². The molecule has 1 amide bonds. The van der Waals surface area contributed by atoms with Gasteiger partial charge in [0.25, 0.3) is 10.0 Å². The zero-order valence-corrected chi connectivity index (χ0v) is 20.1. The first-order valence-corrected chi connectivity index (χ1v) is 13.2. The van der Waals surface area contributed by atoms with E-state index in [1.165, 1.54) is 24.8 Å². The summed E-state index contributed by atoms with van der Waals surface area (Å²) in [5, 5.41) is 2.84. The summed E-state index contributed by atoms with van der Waals surface area (Å²) in [4.78, 5) is 12.8. The highest BCUT2D eigenvalue weighted by atomic mass is 32.2. The maximum Gasteiger partial charge on any atom is 0.264 e. The minimum atomic E-state index is -3.93. The number of anilines is 1. The number of hydrogen-bond donors (Lipinski definition) is 1. The van der Waals surface area contributed by atoms with Crippen molar-refractivity contribution in [3.05, 3.63) is 90.5 Å². The fourth-order valence-electron chi connectivity index (χ4n) is 3.15. The lowest BCUT2D eigenvalue weighted by Gasteiger charge is -2.24. The lowest BCUT2D eigenvalue weighted by atomic mass is 10.2. The van der Waals surface area contributed by atoms with E-state index in [9.17, 15) is 13.2 Å². The molecule has 8 heteroatoms. The molecule has 3 rings (SSSR count). The predicted octanol–water partition coefficient (Wildman–Crippen LogP) is 4.33. The van der Waals surface area contributed by atoms with Gasteiger partial charge >= 0.3 is 0 Å². The summed E-state index contributed by atoms with van der Waals surface area (Å²) in [6, 6.07) is 25.0. The molecule has 0 aliphatic carbocycles. The molecule has 1 N–H and O–H groups in total. The maximum absolute atomic E-state index is 13.3. The third-order valence-electron chi connectivity index (χ3n) is 4.86. The number of amides is 1. The molecule has 174 valence electrons. The van der Waals surface area contributed by atoms with E-state index >= 15 is 0 Å². The maximum atomic E-state index is 13.3. The van der Waals surface area contributed by atoms with Crippen LogP contribution in [0.4, 0.5) is 5.69 Å². The van der Waals surface area contributed by atoms with E-state index in [-0.39, 0.29) is 17.3 Å². The number of methoxy groups -OCH3 is 1. The Morgan fingerprint density at radius 2 is 1.67 bits per heavy atom. The first-order chi connectivity index (χ1) is 16.0. The molecule has 0 radical (unpaired) electrons. The van der Waals surface area contributed by atoms with Gasteiger partial charge in [-0.15, -0.1) is 0 Å². The summed E-state index contributed by atoms with van der Waals surface area (Å²) < 4.78 is 33.0. The number of hydrogen-bond acceptors (Lipinski definition) is 5. The number of benzene rings is 3. The van der Waals surface area contributed by atoms with Crippen LogP contribution in [0, 0.1) is 0 Å². The Bertz CT molecular complexity index is 1120. The second-order valence-electron chi connectivity index (χ2n) is 7.27. The summed E-state index contributed by atoms with van der Waals surface area (Å²) >= 11 is 1.80. The van der Waals surface area contributed by atoms with E-state index in [1.54, 1.807) is 54.2 Å². The first kappa shape index (κ1) is 24.7. The van der Waals surface area contributed by atoms with Crippen molar-refractivity contribution in [1.29, 1.82) is 0 Å². The molecule has 0 aromatic heterocycles. The number of carbonyl (C=O) groups is 1. The van der Waals surface area contributed by atoms with Gasteiger partial charge in [0.2, 0.25) is 5.91 Å². The SMILES string of the molecule is COc1cccc(N(CC(=O)NCCCSCc2ccccc2)S(=O)(=O)c2ccccc2)c1. The van der Waals surface area contributed by atoms with Crippen LogP contribution in [0.15, 0.2) is 89.8 Å². The molecule has 3 aromatic carbocycles. The van der Waals surface area contributed by atoms with Gasteiger partial charge in [0.05, 0.1) is 17.7 Å². The standard InChI is InChI=1S/C25H28N2O4S2/c1-31-23-13-8-12-22(18-23)27(33(29,30)24-14-6-3-7-15-24)19-25(28)26-16-9-17-32-20-21-10-4-2-5-11-21/h2-8,10-15,18H,9,16-17,19-20H2,1H3,(H,26,28). The molecule has 0 heterocycles. The number of nitrogens with one attached hydrogen (secondary N) is 1. The van der Waals surface area contributed by atoms with Gasteiger partial charge in [-0.1, -0.05) is 54.6 Å². The normalized spacial score (nSPS) is 11.1. The minimum absolute atomic E-state index is 0.123. The van der Waals surface area contributed by atoms with Crippen molar-refractivity contribution in [3.8, 4) is 5.75 Å². The molecule has 0 fully saturated rings. The molecule has 33 heavy (non-hydrogen) atoms. The van der Waals surface area contributed by atoms with Gasteiger partial charge in [0.15, 0.2) is 0 Å². The zero-order valence-electron chi connectivity index (χ0n) is 18.5. The molecule has 6 nitrogen and oxygen atoms in total. The average Bonchev–Trinajstić information content (AvgIpc) is 2.85. The molecular formula is C25H28N2O4S2. The highest BCUT2D eigenvalue weighted by Gasteiger charge is 2.27. The summed E-state index contributed by atoms with van der Waals surface area (Å²) in [7, 11) is -2.42. The summed E-state index contributed by atoms with van der Waals surface area (Å²) in [6.07, 6.45) is 0.799. The molecule has 0 atom stereocenters. The molecule has 0 bridgehead atoms. The minimum Gasteiger partial charge on any atom is -0.497 e. The van der Waals surface area contributed by atoms with E-state index in [0.717, 1.165) is 22.2 Å². The van der Waals surface area contributed by atoms with E-state index in [4.69, 9.17) is 4.74 Å². The Balaban J connectivity index is 1.60. The monoisotopic (exact) mass is 484 g/mol. The van der Waals surface area contributed by atoms with E-state index in [2.05, 4.69) is 17.4 Å². The van der Waals surface area contributed by atoms with Crippen LogP contribution >= 0.6 is 11.8 Å². The number of ether oxygens (including phenoxy) is 1. The number of sulfonamides is 1. The molecule has 0 unspecified atom stereocenters. The van der Waals surface area contributed by atoms with Crippen LogP contribution in [0.2, 0.25) is 0 Å². The van der Waals surface area contributed by atoms with E-state index < -0.39 is 10.0 Å². The van der Waals surface area contributed by atoms with Crippen LogP contribution in [0.1, 0.15) is 12.0 Å². The van der Waals surface area contributed by atoms with Crippen molar-refractivity contribution >= 4 is 33.4 Å². The smallest absolute Gasteiger partial charge is 0.264 e. The highest BCUT2D eigenvalue weighted by Crippen LogP contribution is 2.26. The van der Waals surface area contributed by atoms with Crippen molar-refractivity contribution in [2.45, 2.75) is 17.1 Å². The number of carbonyl (C=O) groups excluding carboxylic acids is 1. The third-order valence-corrected chi connectivity index (χ3v) is 7.76. The van der Waals surface area contributed by atoms with Crippen LogP contribution in [-0.2, 0) is 20.6 Å². The van der Waals surface area contributed by atoms with Crippen molar-refractivity contribution in [2.75, 3.05) is 30.3 Å². The third kappa shape index (κ3) is 7.27. The van der Waals surface area contributed by atoms with E-state index in [0.29, 0.717) is 18.0 Å². The lowest BCUT2D eigenvalue weighted by Crippen LogP contribution is -2.41. The second-order valence-corrected chi connectivity index (χ2v) is 10.2. The average molecular weight is 485 g/mol.